The molecule has 4 nitrogen and oxygen atoms in total. The van der Waals surface area contributed by atoms with Gasteiger partial charge >= 0.3 is 0 Å². The number of hydrogen-bond donors (Lipinski definition) is 1. The van der Waals surface area contributed by atoms with E-state index in [2.05, 4.69) is 0 Å². The molecule has 1 rings (SSSR count). The summed E-state index contributed by atoms with van der Waals surface area (Å²) in [5.74, 6) is 0. The van der Waals surface area contributed by atoms with Crippen molar-refractivity contribution in [2.45, 2.75) is 6.92 Å². The average molecular weight is 242 g/mol. The Balaban J connectivity index is 3.27. The van der Waals surface area contributed by atoms with Crippen LogP contribution in [0.5, 0.6) is 0 Å². The highest BCUT2D eigenvalue weighted by Gasteiger charge is 2.23. The number of rotatable bonds is 4. The molecule has 0 aliphatic heterocycles. The highest BCUT2D eigenvalue weighted by atomic mass is 31.2. The van der Waals surface area contributed by atoms with Crippen LogP contribution in [0.1, 0.15) is 6.92 Å². The fraction of sp³-hybridized carbons (Fsp3) is 0.455. The Bertz CT molecular complexity index is 418. The van der Waals surface area contributed by atoms with Gasteiger partial charge in [-0.25, -0.2) is 0 Å². The first-order chi connectivity index (χ1) is 7.38. The number of nitrogens with two attached hydrogens (primary N) is 1. The first-order valence-corrected chi connectivity index (χ1v) is 7.25. The molecule has 1 aromatic rings. The Morgan fingerprint density at radius 2 is 2.06 bits per heavy atom. The molecule has 2 N–H and O–H groups in total. The molecule has 5 heteroatoms. The minimum Gasteiger partial charge on any atom is -0.399 e. The van der Waals surface area contributed by atoms with Crippen molar-refractivity contribution >= 4 is 24.0 Å². The van der Waals surface area contributed by atoms with Crippen molar-refractivity contribution in [1.82, 2.24) is 0 Å². The SMILES string of the molecule is CCOP(C)(=O)c1ccc(N)cc1N(C)C. The summed E-state index contributed by atoms with van der Waals surface area (Å²) < 4.78 is 17.7. The minimum atomic E-state index is -2.75. The zero-order chi connectivity index (χ0) is 12.3. The zero-order valence-electron chi connectivity index (χ0n) is 10.2. The Labute approximate surface area is 96.8 Å². The molecule has 1 atom stereocenters. The molecule has 0 fully saturated rings. The summed E-state index contributed by atoms with van der Waals surface area (Å²) in [5, 5.41) is 0.716. The van der Waals surface area contributed by atoms with Crippen molar-refractivity contribution < 1.29 is 9.09 Å². The topological polar surface area (TPSA) is 55.6 Å². The lowest BCUT2D eigenvalue weighted by Gasteiger charge is -2.22. The third kappa shape index (κ3) is 2.77. The maximum absolute atomic E-state index is 12.4. The van der Waals surface area contributed by atoms with Crippen LogP contribution in [-0.2, 0) is 9.09 Å². The third-order valence-corrected chi connectivity index (χ3v) is 4.30. The Morgan fingerprint density at radius 1 is 1.44 bits per heavy atom. The van der Waals surface area contributed by atoms with Crippen molar-refractivity contribution in [3.63, 3.8) is 0 Å². The third-order valence-electron chi connectivity index (χ3n) is 2.29. The van der Waals surface area contributed by atoms with E-state index >= 15 is 0 Å². The van der Waals surface area contributed by atoms with Gasteiger partial charge in [-0.1, -0.05) is 0 Å². The summed E-state index contributed by atoms with van der Waals surface area (Å²) in [6.45, 7) is 3.91. The first-order valence-electron chi connectivity index (χ1n) is 5.18. The summed E-state index contributed by atoms with van der Waals surface area (Å²) >= 11 is 0. The second-order valence-electron chi connectivity index (χ2n) is 3.91. The van der Waals surface area contributed by atoms with Crippen LogP contribution in [0.3, 0.4) is 0 Å². The van der Waals surface area contributed by atoms with Gasteiger partial charge < -0.3 is 15.2 Å². The van der Waals surface area contributed by atoms with Crippen LogP contribution >= 0.6 is 7.37 Å². The molecule has 0 saturated heterocycles. The van der Waals surface area contributed by atoms with Gasteiger partial charge in [-0.2, -0.15) is 0 Å². The Morgan fingerprint density at radius 3 is 2.56 bits per heavy atom. The second-order valence-corrected chi connectivity index (χ2v) is 6.34. The lowest BCUT2D eigenvalue weighted by Crippen LogP contribution is -2.20. The summed E-state index contributed by atoms with van der Waals surface area (Å²) in [6.07, 6.45) is 0. The molecule has 0 amide bonds. The van der Waals surface area contributed by atoms with Crippen LogP contribution in [0.2, 0.25) is 0 Å². The highest BCUT2D eigenvalue weighted by molar-refractivity contribution is 7.66. The molecule has 90 valence electrons. The maximum Gasteiger partial charge on any atom is 0.231 e. The number of hydrogen-bond acceptors (Lipinski definition) is 4. The van der Waals surface area contributed by atoms with Gasteiger partial charge in [0.2, 0.25) is 7.37 Å². The van der Waals surface area contributed by atoms with E-state index in [4.69, 9.17) is 10.3 Å². The zero-order valence-corrected chi connectivity index (χ0v) is 11.1. The lowest BCUT2D eigenvalue weighted by molar-refractivity contribution is 0.345. The van der Waals surface area contributed by atoms with E-state index in [0.717, 1.165) is 5.69 Å². The lowest BCUT2D eigenvalue weighted by atomic mass is 10.2. The van der Waals surface area contributed by atoms with Crippen LogP contribution in [0.25, 0.3) is 0 Å². The van der Waals surface area contributed by atoms with Gasteiger partial charge in [0.15, 0.2) is 0 Å². The Hall–Kier alpha value is -0.990. The largest absolute Gasteiger partial charge is 0.399 e. The minimum absolute atomic E-state index is 0.436. The molecule has 1 aromatic carbocycles. The van der Waals surface area contributed by atoms with Crippen molar-refractivity contribution in [3.8, 4) is 0 Å². The summed E-state index contributed by atoms with van der Waals surface area (Å²) in [6, 6.07) is 5.34. The Kier molecular flexibility index (Phi) is 4.00. The van der Waals surface area contributed by atoms with Gasteiger partial charge in [0.25, 0.3) is 0 Å². The van der Waals surface area contributed by atoms with Gasteiger partial charge in [0.1, 0.15) is 0 Å². The number of nitrogens with zero attached hydrogens (tertiary/aromatic N) is 1. The van der Waals surface area contributed by atoms with E-state index in [1.165, 1.54) is 0 Å². The van der Waals surface area contributed by atoms with Gasteiger partial charge in [0, 0.05) is 26.4 Å². The molecule has 0 heterocycles. The summed E-state index contributed by atoms with van der Waals surface area (Å²) in [4.78, 5) is 1.89. The van der Waals surface area contributed by atoms with E-state index in [1.54, 1.807) is 18.8 Å². The van der Waals surface area contributed by atoms with E-state index in [9.17, 15) is 4.57 Å². The normalized spacial score (nSPS) is 14.5. The van der Waals surface area contributed by atoms with Crippen molar-refractivity contribution in [2.75, 3.05) is 38.0 Å². The van der Waals surface area contributed by atoms with Crippen LogP contribution in [0.15, 0.2) is 18.2 Å². The average Bonchev–Trinajstić information content (AvgIpc) is 2.16. The molecular weight excluding hydrogens is 223 g/mol. The van der Waals surface area contributed by atoms with Gasteiger partial charge in [-0.3, -0.25) is 4.57 Å². The van der Waals surface area contributed by atoms with E-state index in [-0.39, 0.29) is 0 Å². The van der Waals surface area contributed by atoms with Crippen LogP contribution in [-0.4, -0.2) is 27.4 Å². The molecule has 0 spiro atoms. The van der Waals surface area contributed by atoms with E-state index in [0.29, 0.717) is 17.6 Å². The molecule has 0 radical (unpaired) electrons. The first kappa shape index (κ1) is 13.1. The molecule has 1 unspecified atom stereocenters. The monoisotopic (exact) mass is 242 g/mol. The van der Waals surface area contributed by atoms with Gasteiger partial charge in [0.05, 0.1) is 17.6 Å². The fourth-order valence-corrected chi connectivity index (χ4v) is 3.22. The van der Waals surface area contributed by atoms with Gasteiger partial charge in [-0.05, 0) is 25.1 Å². The van der Waals surface area contributed by atoms with E-state index in [1.807, 2.05) is 32.0 Å². The summed E-state index contributed by atoms with van der Waals surface area (Å²) in [5.41, 5.74) is 7.23. The predicted molar refractivity (Wildman–Crippen MR) is 70.0 cm³/mol. The van der Waals surface area contributed by atoms with Crippen LogP contribution in [0, 0.1) is 0 Å². The van der Waals surface area contributed by atoms with E-state index < -0.39 is 7.37 Å². The predicted octanol–water partition coefficient (Wildman–Crippen LogP) is 1.90. The number of benzene rings is 1. The molecule has 0 aromatic heterocycles. The van der Waals surface area contributed by atoms with Gasteiger partial charge in [-0.15, -0.1) is 0 Å². The van der Waals surface area contributed by atoms with Crippen LogP contribution in [0.4, 0.5) is 11.4 Å². The molecule has 16 heavy (non-hydrogen) atoms. The second kappa shape index (κ2) is 4.89. The molecule has 0 aliphatic rings. The van der Waals surface area contributed by atoms with Crippen LogP contribution < -0.4 is 15.9 Å². The molecule has 0 saturated carbocycles. The number of anilines is 2. The fourth-order valence-electron chi connectivity index (χ4n) is 1.56. The molecular formula is C11H19N2O2P. The maximum atomic E-state index is 12.4. The standard InChI is InChI=1S/C11H19N2O2P/c1-5-15-16(4,14)11-7-6-9(12)8-10(11)13(2)3/h6-8H,5,12H2,1-4H3. The van der Waals surface area contributed by atoms with Crippen molar-refractivity contribution in [1.29, 1.82) is 0 Å². The van der Waals surface area contributed by atoms with Crippen molar-refractivity contribution in [3.05, 3.63) is 18.2 Å². The summed E-state index contributed by atoms with van der Waals surface area (Å²) in [7, 11) is 1.03. The number of nitrogen functional groups attached to an aromatic ring is 1. The quantitative estimate of drug-likeness (QED) is 0.647. The highest BCUT2D eigenvalue weighted by Crippen LogP contribution is 2.44. The molecule has 0 bridgehead atoms. The smallest absolute Gasteiger partial charge is 0.231 e. The molecule has 0 aliphatic carbocycles. The van der Waals surface area contributed by atoms with Crippen molar-refractivity contribution in [2.24, 2.45) is 0 Å².